The van der Waals surface area contributed by atoms with Gasteiger partial charge in [-0.3, -0.25) is 0 Å². The molecule has 1 aromatic carbocycles. The van der Waals surface area contributed by atoms with Crippen molar-refractivity contribution < 1.29 is 4.74 Å². The molecule has 0 saturated heterocycles. The van der Waals surface area contributed by atoms with Crippen LogP contribution >= 0.6 is 22.6 Å². The van der Waals surface area contributed by atoms with Crippen LogP contribution < -0.4 is 5.32 Å². The first kappa shape index (κ1) is 15.9. The predicted molar refractivity (Wildman–Crippen MR) is 86.0 cm³/mol. The summed E-state index contributed by atoms with van der Waals surface area (Å²) in [4.78, 5) is 0. The largest absolute Gasteiger partial charge is 0.379 e. The molecule has 1 atom stereocenters. The summed E-state index contributed by atoms with van der Waals surface area (Å²) < 4.78 is 6.86. The quantitative estimate of drug-likeness (QED) is 0.772. The molecule has 1 N–H and O–H groups in total. The molecule has 0 fully saturated rings. The fourth-order valence-electron chi connectivity index (χ4n) is 1.99. The fourth-order valence-corrected chi connectivity index (χ4v) is 2.72. The molecule has 102 valence electrons. The standard InChI is InChI=1S/C15H24INO/c1-11-7-6-8-12(14(11)16)13(17-4)9-10-15(2,3)18-5/h6-8,13,17H,9-10H2,1-5H3. The maximum absolute atomic E-state index is 5.49. The van der Waals surface area contributed by atoms with Gasteiger partial charge in [-0.2, -0.15) is 0 Å². The lowest BCUT2D eigenvalue weighted by molar-refractivity contribution is 0.0118. The van der Waals surface area contributed by atoms with Crippen molar-refractivity contribution in [1.29, 1.82) is 0 Å². The average molecular weight is 361 g/mol. The lowest BCUT2D eigenvalue weighted by Crippen LogP contribution is -2.26. The summed E-state index contributed by atoms with van der Waals surface area (Å²) in [5.41, 5.74) is 2.69. The zero-order valence-corrected chi connectivity index (χ0v) is 14.2. The molecule has 3 heteroatoms. The van der Waals surface area contributed by atoms with Crippen molar-refractivity contribution in [1.82, 2.24) is 5.32 Å². The molecule has 0 heterocycles. The molecule has 1 rings (SSSR count). The Bertz CT molecular complexity index is 390. The van der Waals surface area contributed by atoms with Crippen molar-refractivity contribution >= 4 is 22.6 Å². The first-order valence-electron chi connectivity index (χ1n) is 6.38. The first-order chi connectivity index (χ1) is 8.41. The van der Waals surface area contributed by atoms with Gasteiger partial charge in [0.15, 0.2) is 0 Å². The second-order valence-electron chi connectivity index (χ2n) is 5.32. The second kappa shape index (κ2) is 6.87. The van der Waals surface area contributed by atoms with Crippen LogP contribution in [0, 0.1) is 10.5 Å². The Morgan fingerprint density at radius 1 is 1.39 bits per heavy atom. The van der Waals surface area contributed by atoms with Gasteiger partial charge < -0.3 is 10.1 Å². The summed E-state index contributed by atoms with van der Waals surface area (Å²) in [7, 11) is 3.81. The normalized spacial score (nSPS) is 13.7. The van der Waals surface area contributed by atoms with E-state index in [2.05, 4.69) is 66.9 Å². The third kappa shape index (κ3) is 4.21. The Kier molecular flexibility index (Phi) is 6.08. The molecule has 0 radical (unpaired) electrons. The number of benzene rings is 1. The number of nitrogens with one attached hydrogen (secondary N) is 1. The highest BCUT2D eigenvalue weighted by Gasteiger charge is 2.20. The highest BCUT2D eigenvalue weighted by molar-refractivity contribution is 14.1. The van der Waals surface area contributed by atoms with Crippen molar-refractivity contribution in [2.45, 2.75) is 45.3 Å². The van der Waals surface area contributed by atoms with Gasteiger partial charge in [-0.15, -0.1) is 0 Å². The maximum Gasteiger partial charge on any atom is 0.0623 e. The van der Waals surface area contributed by atoms with E-state index in [0.29, 0.717) is 6.04 Å². The molecule has 1 unspecified atom stereocenters. The smallest absolute Gasteiger partial charge is 0.0623 e. The third-order valence-electron chi connectivity index (χ3n) is 3.53. The molecule has 0 amide bonds. The molecule has 0 aliphatic rings. The van der Waals surface area contributed by atoms with E-state index in [4.69, 9.17) is 4.74 Å². The average Bonchev–Trinajstić information content (AvgIpc) is 2.35. The zero-order valence-electron chi connectivity index (χ0n) is 12.0. The maximum atomic E-state index is 5.49. The van der Waals surface area contributed by atoms with Crippen molar-refractivity contribution in [2.24, 2.45) is 0 Å². The van der Waals surface area contributed by atoms with Gasteiger partial charge in [-0.1, -0.05) is 18.2 Å². The van der Waals surface area contributed by atoms with Crippen molar-refractivity contribution in [3.8, 4) is 0 Å². The first-order valence-corrected chi connectivity index (χ1v) is 7.46. The Balaban J connectivity index is 2.81. The van der Waals surface area contributed by atoms with Crippen LogP contribution in [0.5, 0.6) is 0 Å². The van der Waals surface area contributed by atoms with Gasteiger partial charge in [0, 0.05) is 16.7 Å². The highest BCUT2D eigenvalue weighted by atomic mass is 127. The van der Waals surface area contributed by atoms with E-state index >= 15 is 0 Å². The molecule has 0 spiro atoms. The van der Waals surface area contributed by atoms with E-state index in [1.54, 1.807) is 7.11 Å². The molecule has 18 heavy (non-hydrogen) atoms. The van der Waals surface area contributed by atoms with Crippen molar-refractivity contribution in [3.63, 3.8) is 0 Å². The number of rotatable bonds is 6. The Hall–Kier alpha value is -0.130. The number of methoxy groups -OCH3 is 1. The summed E-state index contributed by atoms with van der Waals surface area (Å²) in [5.74, 6) is 0. The second-order valence-corrected chi connectivity index (χ2v) is 6.40. The number of hydrogen-bond donors (Lipinski definition) is 1. The molecular weight excluding hydrogens is 337 g/mol. The summed E-state index contributed by atoms with van der Waals surface area (Å²) in [6.07, 6.45) is 2.12. The summed E-state index contributed by atoms with van der Waals surface area (Å²) in [6.45, 7) is 6.44. The number of halogens is 1. The van der Waals surface area contributed by atoms with E-state index in [1.165, 1.54) is 14.7 Å². The van der Waals surface area contributed by atoms with Crippen LogP contribution in [0.15, 0.2) is 18.2 Å². The van der Waals surface area contributed by atoms with Gasteiger partial charge in [-0.05, 0) is 74.4 Å². The zero-order chi connectivity index (χ0) is 13.8. The van der Waals surface area contributed by atoms with Crippen LogP contribution in [0.25, 0.3) is 0 Å². The fraction of sp³-hybridized carbons (Fsp3) is 0.600. The van der Waals surface area contributed by atoms with E-state index in [-0.39, 0.29) is 5.60 Å². The Morgan fingerprint density at radius 3 is 2.61 bits per heavy atom. The van der Waals surface area contributed by atoms with Crippen LogP contribution in [0.3, 0.4) is 0 Å². The van der Waals surface area contributed by atoms with Crippen LogP contribution in [0.2, 0.25) is 0 Å². The molecule has 0 bridgehead atoms. The molecular formula is C15H24INO. The van der Waals surface area contributed by atoms with Crippen molar-refractivity contribution in [3.05, 3.63) is 32.9 Å². The van der Waals surface area contributed by atoms with Gasteiger partial charge in [0.1, 0.15) is 0 Å². The Labute approximate surface area is 125 Å². The summed E-state index contributed by atoms with van der Waals surface area (Å²) in [5, 5.41) is 3.42. The topological polar surface area (TPSA) is 21.3 Å². The lowest BCUT2D eigenvalue weighted by atomic mass is 9.94. The lowest BCUT2D eigenvalue weighted by Gasteiger charge is -2.26. The molecule has 1 aromatic rings. The van der Waals surface area contributed by atoms with Gasteiger partial charge in [0.05, 0.1) is 5.60 Å². The number of aryl methyl sites for hydroxylation is 1. The molecule has 0 saturated carbocycles. The minimum Gasteiger partial charge on any atom is -0.379 e. The van der Waals surface area contributed by atoms with Gasteiger partial charge in [-0.25, -0.2) is 0 Å². The molecule has 0 aliphatic carbocycles. The third-order valence-corrected chi connectivity index (χ3v) is 5.01. The predicted octanol–water partition coefficient (Wildman–Crippen LogP) is 4.07. The minimum atomic E-state index is -0.0512. The van der Waals surface area contributed by atoms with Gasteiger partial charge in [0.2, 0.25) is 0 Å². The van der Waals surface area contributed by atoms with Crippen LogP contribution in [-0.2, 0) is 4.74 Å². The summed E-state index contributed by atoms with van der Waals surface area (Å²) >= 11 is 2.44. The van der Waals surface area contributed by atoms with Crippen LogP contribution in [0.1, 0.15) is 43.9 Å². The van der Waals surface area contributed by atoms with Gasteiger partial charge >= 0.3 is 0 Å². The molecule has 0 aromatic heterocycles. The summed E-state index contributed by atoms with van der Waals surface area (Å²) in [6, 6.07) is 6.91. The SMILES string of the molecule is CNC(CCC(C)(C)OC)c1cccc(C)c1I. The van der Waals surface area contributed by atoms with Gasteiger partial charge in [0.25, 0.3) is 0 Å². The van der Waals surface area contributed by atoms with Crippen LogP contribution in [-0.4, -0.2) is 19.8 Å². The van der Waals surface area contributed by atoms with Crippen molar-refractivity contribution in [2.75, 3.05) is 14.2 Å². The molecule has 0 aliphatic heterocycles. The van der Waals surface area contributed by atoms with Crippen LogP contribution in [0.4, 0.5) is 0 Å². The van der Waals surface area contributed by atoms with E-state index in [1.807, 2.05) is 7.05 Å². The highest BCUT2D eigenvalue weighted by Crippen LogP contribution is 2.28. The number of hydrogen-bond acceptors (Lipinski definition) is 2. The Morgan fingerprint density at radius 2 is 2.06 bits per heavy atom. The minimum absolute atomic E-state index is 0.0512. The van der Waals surface area contributed by atoms with E-state index < -0.39 is 0 Å². The van der Waals surface area contributed by atoms with E-state index in [0.717, 1.165) is 12.8 Å². The van der Waals surface area contributed by atoms with E-state index in [9.17, 15) is 0 Å². The molecule has 2 nitrogen and oxygen atoms in total. The number of ether oxygens (including phenoxy) is 1. The monoisotopic (exact) mass is 361 g/mol.